The highest BCUT2D eigenvalue weighted by molar-refractivity contribution is 9.11. The van der Waals surface area contributed by atoms with Crippen LogP contribution in [-0.4, -0.2) is 20.9 Å². The Morgan fingerprint density at radius 3 is 2.43 bits per heavy atom. The molecule has 1 amide bonds. The highest BCUT2D eigenvalue weighted by Gasteiger charge is 2.18. The van der Waals surface area contributed by atoms with Gasteiger partial charge in [0.2, 0.25) is 15.9 Å². The Labute approximate surface area is 151 Å². The number of hydrogen-bond acceptors (Lipinski definition) is 3. The van der Waals surface area contributed by atoms with Gasteiger partial charge in [0, 0.05) is 27.6 Å². The topological polar surface area (TPSA) is 75.3 Å². The van der Waals surface area contributed by atoms with E-state index in [0.29, 0.717) is 14.6 Å². The Morgan fingerprint density at radius 2 is 1.74 bits per heavy atom. The molecule has 0 spiro atoms. The van der Waals surface area contributed by atoms with Gasteiger partial charge in [-0.05, 0) is 46.3 Å². The van der Waals surface area contributed by atoms with Gasteiger partial charge in [0.1, 0.15) is 0 Å². The smallest absolute Gasteiger partial charge is 0.241 e. The number of rotatable bonds is 6. The predicted molar refractivity (Wildman–Crippen MR) is 96.7 cm³/mol. The summed E-state index contributed by atoms with van der Waals surface area (Å²) in [4.78, 5) is 11.9. The monoisotopic (exact) mass is 460 g/mol. The summed E-state index contributed by atoms with van der Waals surface area (Å²) in [6.07, 6.45) is 0.0414. The number of anilines is 1. The third-order valence-electron chi connectivity index (χ3n) is 2.88. The molecule has 2 rings (SSSR count). The van der Waals surface area contributed by atoms with E-state index in [1.165, 1.54) is 6.07 Å². The van der Waals surface area contributed by atoms with E-state index in [2.05, 4.69) is 41.9 Å². The molecule has 0 bridgehead atoms. The lowest BCUT2D eigenvalue weighted by atomic mass is 10.3. The van der Waals surface area contributed by atoms with E-state index in [4.69, 9.17) is 0 Å². The molecular weight excluding hydrogens is 448 g/mol. The lowest BCUT2D eigenvalue weighted by Gasteiger charge is -2.09. The van der Waals surface area contributed by atoms with Gasteiger partial charge in [0.25, 0.3) is 0 Å². The van der Waals surface area contributed by atoms with Crippen LogP contribution in [0.3, 0.4) is 0 Å². The number of halogens is 2. The fourth-order valence-electron chi connectivity index (χ4n) is 1.80. The molecule has 2 aromatic rings. The van der Waals surface area contributed by atoms with Crippen molar-refractivity contribution in [3.8, 4) is 0 Å². The van der Waals surface area contributed by atoms with E-state index in [0.717, 1.165) is 0 Å². The normalized spacial score (nSPS) is 11.2. The van der Waals surface area contributed by atoms with Crippen LogP contribution in [0.2, 0.25) is 0 Å². The van der Waals surface area contributed by atoms with E-state index in [1.807, 2.05) is 18.2 Å². The fourth-order valence-corrected chi connectivity index (χ4v) is 4.34. The minimum absolute atomic E-state index is 0.0138. The lowest BCUT2D eigenvalue weighted by Crippen LogP contribution is -2.28. The van der Waals surface area contributed by atoms with Crippen molar-refractivity contribution in [3.63, 3.8) is 0 Å². The zero-order valence-corrected chi connectivity index (χ0v) is 15.9. The first-order valence-corrected chi connectivity index (χ1v) is 9.75. The first-order valence-electron chi connectivity index (χ1n) is 6.68. The fraction of sp³-hybridized carbons (Fsp3) is 0.133. The predicted octanol–water partition coefficient (Wildman–Crippen LogP) is 3.52. The molecule has 2 N–H and O–H groups in total. The largest absolute Gasteiger partial charge is 0.326 e. The number of amides is 1. The third-order valence-corrected chi connectivity index (χ3v) is 5.83. The van der Waals surface area contributed by atoms with E-state index in [1.54, 1.807) is 24.3 Å². The second kappa shape index (κ2) is 8.05. The molecule has 0 aliphatic heterocycles. The highest BCUT2D eigenvalue weighted by Crippen LogP contribution is 2.25. The maximum absolute atomic E-state index is 12.3. The van der Waals surface area contributed by atoms with Gasteiger partial charge >= 0.3 is 0 Å². The number of hydrogen-bond donors (Lipinski definition) is 2. The van der Waals surface area contributed by atoms with Crippen LogP contribution in [-0.2, 0) is 14.8 Å². The van der Waals surface area contributed by atoms with Gasteiger partial charge in [-0.3, -0.25) is 4.79 Å². The molecule has 8 heteroatoms. The Hall–Kier alpha value is -1.22. The van der Waals surface area contributed by atoms with Crippen LogP contribution < -0.4 is 10.0 Å². The van der Waals surface area contributed by atoms with E-state index < -0.39 is 10.0 Å². The van der Waals surface area contributed by atoms with Crippen molar-refractivity contribution < 1.29 is 13.2 Å². The summed E-state index contributed by atoms with van der Waals surface area (Å²) in [5.74, 6) is -0.257. The van der Waals surface area contributed by atoms with Crippen LogP contribution in [0.1, 0.15) is 6.42 Å². The second-order valence-corrected chi connectivity index (χ2v) is 8.14. The molecule has 0 aromatic heterocycles. The highest BCUT2D eigenvalue weighted by atomic mass is 79.9. The zero-order valence-electron chi connectivity index (χ0n) is 11.9. The quantitative estimate of drug-likeness (QED) is 0.690. The van der Waals surface area contributed by atoms with Crippen molar-refractivity contribution in [2.45, 2.75) is 11.3 Å². The van der Waals surface area contributed by atoms with Crippen molar-refractivity contribution in [3.05, 3.63) is 57.5 Å². The van der Waals surface area contributed by atoms with Crippen LogP contribution in [0.4, 0.5) is 5.69 Å². The zero-order chi connectivity index (χ0) is 16.9. The number of para-hydroxylation sites is 1. The standard InChI is InChI=1S/C15H14Br2N2O3S/c16-11-6-7-13(17)14(10-11)23(21,22)18-9-8-15(20)19-12-4-2-1-3-5-12/h1-7,10,18H,8-9H2,(H,19,20). The Kier molecular flexibility index (Phi) is 6.34. The summed E-state index contributed by atoms with van der Waals surface area (Å²) in [7, 11) is -3.69. The van der Waals surface area contributed by atoms with Crippen molar-refractivity contribution >= 4 is 53.5 Å². The molecule has 0 atom stereocenters. The van der Waals surface area contributed by atoms with Crippen LogP contribution >= 0.6 is 31.9 Å². The Bertz CT molecular complexity index is 796. The maximum atomic E-state index is 12.3. The first kappa shape index (κ1) is 18.1. The van der Waals surface area contributed by atoms with Gasteiger partial charge in [0.15, 0.2) is 0 Å². The van der Waals surface area contributed by atoms with E-state index >= 15 is 0 Å². The molecule has 0 saturated carbocycles. The number of carbonyl (C=O) groups excluding carboxylic acids is 1. The average molecular weight is 462 g/mol. The molecular formula is C15H14Br2N2O3S. The molecule has 0 aliphatic rings. The van der Waals surface area contributed by atoms with Crippen LogP contribution in [0.25, 0.3) is 0 Å². The number of benzene rings is 2. The Balaban J connectivity index is 1.92. The van der Waals surface area contributed by atoms with Crippen LogP contribution in [0, 0.1) is 0 Å². The molecule has 0 saturated heterocycles. The van der Waals surface area contributed by atoms with Gasteiger partial charge in [0.05, 0.1) is 4.90 Å². The molecule has 0 heterocycles. The van der Waals surface area contributed by atoms with Crippen molar-refractivity contribution in [2.24, 2.45) is 0 Å². The van der Waals surface area contributed by atoms with Gasteiger partial charge in [-0.2, -0.15) is 0 Å². The van der Waals surface area contributed by atoms with Crippen molar-refractivity contribution in [2.75, 3.05) is 11.9 Å². The second-order valence-electron chi connectivity index (χ2n) is 4.64. The van der Waals surface area contributed by atoms with Gasteiger partial charge < -0.3 is 5.32 Å². The summed E-state index contributed by atoms with van der Waals surface area (Å²) in [5, 5.41) is 2.70. The molecule has 5 nitrogen and oxygen atoms in total. The van der Waals surface area contributed by atoms with Crippen molar-refractivity contribution in [1.29, 1.82) is 0 Å². The summed E-state index contributed by atoms with van der Waals surface area (Å²) in [6, 6.07) is 13.9. The molecule has 0 aliphatic carbocycles. The molecule has 2 aromatic carbocycles. The van der Waals surface area contributed by atoms with Gasteiger partial charge in [-0.25, -0.2) is 13.1 Å². The Morgan fingerprint density at radius 1 is 1.04 bits per heavy atom. The molecule has 0 fully saturated rings. The van der Waals surface area contributed by atoms with Crippen molar-refractivity contribution in [1.82, 2.24) is 4.72 Å². The summed E-state index contributed by atoms with van der Waals surface area (Å²) < 4.78 is 28.0. The molecule has 122 valence electrons. The molecule has 23 heavy (non-hydrogen) atoms. The molecule has 0 unspecified atom stereocenters. The third kappa shape index (κ3) is 5.42. The van der Waals surface area contributed by atoms with Crippen LogP contribution in [0.5, 0.6) is 0 Å². The van der Waals surface area contributed by atoms with Gasteiger partial charge in [-0.15, -0.1) is 0 Å². The number of nitrogens with one attached hydrogen (secondary N) is 2. The van der Waals surface area contributed by atoms with E-state index in [-0.39, 0.29) is 23.8 Å². The van der Waals surface area contributed by atoms with Crippen LogP contribution in [0.15, 0.2) is 62.4 Å². The molecule has 0 radical (unpaired) electrons. The first-order chi connectivity index (χ1) is 10.9. The SMILES string of the molecule is O=C(CCNS(=O)(=O)c1cc(Br)ccc1Br)Nc1ccccc1. The van der Waals surface area contributed by atoms with E-state index in [9.17, 15) is 13.2 Å². The lowest BCUT2D eigenvalue weighted by molar-refractivity contribution is -0.116. The number of carbonyl (C=O) groups is 1. The summed E-state index contributed by atoms with van der Waals surface area (Å²) in [5.41, 5.74) is 0.676. The minimum Gasteiger partial charge on any atom is -0.326 e. The summed E-state index contributed by atoms with van der Waals surface area (Å²) >= 11 is 6.45. The summed E-state index contributed by atoms with van der Waals surface area (Å²) in [6.45, 7) is 0.0138. The maximum Gasteiger partial charge on any atom is 0.241 e. The number of sulfonamides is 1. The average Bonchev–Trinajstić information content (AvgIpc) is 2.50. The minimum atomic E-state index is -3.69. The van der Waals surface area contributed by atoms with Gasteiger partial charge in [-0.1, -0.05) is 34.1 Å².